The third-order valence-corrected chi connectivity index (χ3v) is 2.99. The van der Waals surface area contributed by atoms with Crippen LogP contribution in [0.4, 0.5) is 0 Å². The largest absolute Gasteiger partial charge is 0.345 e. The Hall–Kier alpha value is -1.81. The summed E-state index contributed by atoms with van der Waals surface area (Å²) in [5.41, 5.74) is 2.40. The Bertz CT molecular complexity index is 572. The summed E-state index contributed by atoms with van der Waals surface area (Å²) in [6, 6.07) is 7.78. The Morgan fingerprint density at radius 1 is 1.28 bits per heavy atom. The normalized spacial score (nSPS) is 10.4. The number of benzene rings is 1. The second kappa shape index (κ2) is 4.82. The Morgan fingerprint density at radius 2 is 1.89 bits per heavy atom. The van der Waals surface area contributed by atoms with E-state index in [2.05, 4.69) is 5.10 Å². The molecule has 1 amide bonds. The highest BCUT2D eigenvalue weighted by Gasteiger charge is 2.17. The molecule has 0 aliphatic rings. The second-order valence-electron chi connectivity index (χ2n) is 4.30. The molecule has 0 unspecified atom stereocenters. The summed E-state index contributed by atoms with van der Waals surface area (Å²) in [6.07, 6.45) is 1.49. The number of aromatic nitrogens is 2. The van der Waals surface area contributed by atoms with Crippen LogP contribution in [0, 0.1) is 6.92 Å². The number of amides is 1. The van der Waals surface area contributed by atoms with Gasteiger partial charge in [-0.05, 0) is 19.1 Å². The van der Waals surface area contributed by atoms with E-state index >= 15 is 0 Å². The van der Waals surface area contributed by atoms with Gasteiger partial charge in [0.05, 0.1) is 17.4 Å². The van der Waals surface area contributed by atoms with Gasteiger partial charge in [-0.2, -0.15) is 5.10 Å². The standard InChI is InChI=1S/C13H14ClN3O/c1-9-4-6-10(7-5-9)17-12(14)11(8-15-17)13(18)16(2)3/h4-8H,1-3H3. The van der Waals surface area contributed by atoms with Gasteiger partial charge in [0.25, 0.3) is 5.91 Å². The Balaban J connectivity index is 2.42. The molecule has 0 saturated carbocycles. The highest BCUT2D eigenvalue weighted by atomic mass is 35.5. The van der Waals surface area contributed by atoms with Gasteiger partial charge in [0.15, 0.2) is 0 Å². The molecule has 2 aromatic rings. The fraction of sp³-hybridized carbons (Fsp3) is 0.231. The van der Waals surface area contributed by atoms with E-state index in [0.29, 0.717) is 10.7 Å². The van der Waals surface area contributed by atoms with Gasteiger partial charge >= 0.3 is 0 Å². The van der Waals surface area contributed by atoms with Crippen LogP contribution >= 0.6 is 11.6 Å². The summed E-state index contributed by atoms with van der Waals surface area (Å²) in [7, 11) is 3.36. The van der Waals surface area contributed by atoms with Crippen molar-refractivity contribution in [1.82, 2.24) is 14.7 Å². The highest BCUT2D eigenvalue weighted by molar-refractivity contribution is 6.33. The highest BCUT2D eigenvalue weighted by Crippen LogP contribution is 2.21. The van der Waals surface area contributed by atoms with Crippen LogP contribution in [-0.2, 0) is 0 Å². The predicted molar refractivity (Wildman–Crippen MR) is 71.3 cm³/mol. The van der Waals surface area contributed by atoms with Crippen LogP contribution in [0.25, 0.3) is 5.69 Å². The number of aryl methyl sites for hydroxylation is 1. The maximum Gasteiger partial charge on any atom is 0.258 e. The van der Waals surface area contributed by atoms with E-state index in [1.807, 2.05) is 31.2 Å². The molecule has 4 nitrogen and oxygen atoms in total. The van der Waals surface area contributed by atoms with E-state index in [1.54, 1.807) is 18.8 Å². The van der Waals surface area contributed by atoms with Crippen LogP contribution in [0.15, 0.2) is 30.5 Å². The first-order valence-electron chi connectivity index (χ1n) is 5.53. The summed E-state index contributed by atoms with van der Waals surface area (Å²) in [4.78, 5) is 13.3. The van der Waals surface area contributed by atoms with Gasteiger partial charge in [-0.15, -0.1) is 0 Å². The minimum Gasteiger partial charge on any atom is -0.345 e. The molecule has 18 heavy (non-hydrogen) atoms. The smallest absolute Gasteiger partial charge is 0.258 e. The van der Waals surface area contributed by atoms with Crippen molar-refractivity contribution < 1.29 is 4.79 Å². The molecule has 0 radical (unpaired) electrons. The summed E-state index contributed by atoms with van der Waals surface area (Å²) >= 11 is 6.19. The van der Waals surface area contributed by atoms with Crippen LogP contribution in [0.1, 0.15) is 15.9 Å². The molecule has 0 saturated heterocycles. The Kier molecular flexibility index (Phi) is 3.39. The predicted octanol–water partition coefficient (Wildman–Crippen LogP) is 2.54. The zero-order chi connectivity index (χ0) is 13.3. The number of carbonyl (C=O) groups excluding carboxylic acids is 1. The van der Waals surface area contributed by atoms with Crippen molar-refractivity contribution in [3.05, 3.63) is 46.7 Å². The van der Waals surface area contributed by atoms with Gasteiger partial charge in [-0.1, -0.05) is 29.3 Å². The molecule has 1 aromatic carbocycles. The lowest BCUT2D eigenvalue weighted by atomic mass is 10.2. The molecule has 2 rings (SSSR count). The third-order valence-electron chi connectivity index (χ3n) is 2.63. The van der Waals surface area contributed by atoms with Crippen molar-refractivity contribution in [2.75, 3.05) is 14.1 Å². The molecule has 0 bridgehead atoms. The van der Waals surface area contributed by atoms with Gasteiger partial charge in [0.2, 0.25) is 0 Å². The van der Waals surface area contributed by atoms with Gasteiger partial charge in [0, 0.05) is 14.1 Å². The molecular weight excluding hydrogens is 250 g/mol. The zero-order valence-corrected chi connectivity index (χ0v) is 11.3. The van der Waals surface area contributed by atoms with Crippen LogP contribution in [-0.4, -0.2) is 34.7 Å². The van der Waals surface area contributed by atoms with Gasteiger partial charge in [-0.25, -0.2) is 4.68 Å². The molecule has 5 heteroatoms. The van der Waals surface area contributed by atoms with Gasteiger partial charge in [0.1, 0.15) is 5.15 Å². The average Bonchev–Trinajstić information content (AvgIpc) is 2.71. The lowest BCUT2D eigenvalue weighted by molar-refractivity contribution is 0.0828. The fourth-order valence-corrected chi connectivity index (χ4v) is 1.85. The number of hydrogen-bond donors (Lipinski definition) is 0. The zero-order valence-electron chi connectivity index (χ0n) is 10.5. The monoisotopic (exact) mass is 263 g/mol. The summed E-state index contributed by atoms with van der Waals surface area (Å²) in [6.45, 7) is 2.01. The maximum absolute atomic E-state index is 11.9. The maximum atomic E-state index is 11.9. The van der Waals surface area contributed by atoms with Crippen molar-refractivity contribution in [3.63, 3.8) is 0 Å². The first-order valence-corrected chi connectivity index (χ1v) is 5.90. The lowest BCUT2D eigenvalue weighted by Crippen LogP contribution is -2.21. The topological polar surface area (TPSA) is 38.1 Å². The van der Waals surface area contributed by atoms with Crippen molar-refractivity contribution in [2.24, 2.45) is 0 Å². The molecule has 0 N–H and O–H groups in total. The SMILES string of the molecule is Cc1ccc(-n2ncc(C(=O)N(C)C)c2Cl)cc1. The van der Waals surface area contributed by atoms with Crippen LogP contribution in [0.2, 0.25) is 5.15 Å². The number of hydrogen-bond acceptors (Lipinski definition) is 2. The molecule has 0 atom stereocenters. The van der Waals surface area contributed by atoms with Crippen molar-refractivity contribution in [3.8, 4) is 5.69 Å². The average molecular weight is 264 g/mol. The van der Waals surface area contributed by atoms with Crippen molar-refractivity contribution >= 4 is 17.5 Å². The third kappa shape index (κ3) is 2.24. The molecule has 0 spiro atoms. The Morgan fingerprint density at radius 3 is 2.44 bits per heavy atom. The molecule has 1 aromatic heterocycles. The van der Waals surface area contributed by atoms with Gasteiger partial charge in [-0.3, -0.25) is 4.79 Å². The van der Waals surface area contributed by atoms with E-state index in [4.69, 9.17) is 11.6 Å². The van der Waals surface area contributed by atoms with Crippen LogP contribution in [0.5, 0.6) is 0 Å². The van der Waals surface area contributed by atoms with Crippen molar-refractivity contribution in [1.29, 1.82) is 0 Å². The molecule has 0 fully saturated rings. The lowest BCUT2D eigenvalue weighted by Gasteiger charge is -2.09. The molecule has 0 aliphatic carbocycles. The molecule has 1 heterocycles. The van der Waals surface area contributed by atoms with E-state index in [9.17, 15) is 4.79 Å². The van der Waals surface area contributed by atoms with Crippen molar-refractivity contribution in [2.45, 2.75) is 6.92 Å². The summed E-state index contributed by atoms with van der Waals surface area (Å²) in [5.74, 6) is -0.154. The summed E-state index contributed by atoms with van der Waals surface area (Å²) < 4.78 is 1.55. The van der Waals surface area contributed by atoms with E-state index in [1.165, 1.54) is 11.1 Å². The van der Waals surface area contributed by atoms with Crippen LogP contribution < -0.4 is 0 Å². The number of rotatable bonds is 2. The summed E-state index contributed by atoms with van der Waals surface area (Å²) in [5, 5.41) is 4.49. The first kappa shape index (κ1) is 12.6. The number of halogens is 1. The van der Waals surface area contributed by atoms with Crippen LogP contribution in [0.3, 0.4) is 0 Å². The molecule has 94 valence electrons. The fourth-order valence-electron chi connectivity index (χ4n) is 1.58. The van der Waals surface area contributed by atoms with E-state index in [-0.39, 0.29) is 5.91 Å². The molecule has 0 aliphatic heterocycles. The van der Waals surface area contributed by atoms with E-state index in [0.717, 1.165) is 11.3 Å². The minimum atomic E-state index is -0.154. The Labute approximate surface area is 111 Å². The first-order chi connectivity index (χ1) is 8.50. The van der Waals surface area contributed by atoms with E-state index < -0.39 is 0 Å². The molecular formula is C13H14ClN3O. The number of nitrogens with zero attached hydrogens (tertiary/aromatic N) is 3. The minimum absolute atomic E-state index is 0.154. The second-order valence-corrected chi connectivity index (χ2v) is 4.65. The number of carbonyl (C=O) groups is 1. The van der Waals surface area contributed by atoms with Gasteiger partial charge < -0.3 is 4.90 Å². The quantitative estimate of drug-likeness (QED) is 0.835.